The molecule has 1 rings (SSSR count). The molecule has 82 valence electrons. The lowest BCUT2D eigenvalue weighted by Gasteiger charge is -2.08. The highest BCUT2D eigenvalue weighted by Gasteiger charge is 2.17. The second kappa shape index (κ2) is 5.59. The van der Waals surface area contributed by atoms with Crippen molar-refractivity contribution in [1.29, 1.82) is 0 Å². The van der Waals surface area contributed by atoms with Crippen LogP contribution in [0.5, 0.6) is 0 Å². The molecule has 15 heavy (non-hydrogen) atoms. The van der Waals surface area contributed by atoms with Gasteiger partial charge >= 0.3 is 5.97 Å². The van der Waals surface area contributed by atoms with Gasteiger partial charge in [-0.15, -0.1) is 11.6 Å². The number of rotatable bonds is 3. The van der Waals surface area contributed by atoms with Crippen LogP contribution in [0.1, 0.15) is 5.56 Å². The maximum atomic E-state index is 11.1. The number of esters is 1. The first-order chi connectivity index (χ1) is 7.04. The van der Waals surface area contributed by atoms with Crippen molar-refractivity contribution < 1.29 is 9.53 Å². The quantitative estimate of drug-likeness (QED) is 0.620. The first-order valence-electron chi connectivity index (χ1n) is 4.20. The zero-order valence-corrected chi connectivity index (χ0v) is 10.2. The van der Waals surface area contributed by atoms with Crippen molar-refractivity contribution in [2.45, 2.75) is 11.8 Å². The van der Waals surface area contributed by atoms with Crippen molar-refractivity contribution in [3.63, 3.8) is 0 Å². The van der Waals surface area contributed by atoms with Gasteiger partial charge in [0.15, 0.2) is 0 Å². The fraction of sp³-hybridized carbons (Fsp3) is 0.300. The molecule has 1 atom stereocenters. The van der Waals surface area contributed by atoms with Crippen LogP contribution < -0.4 is 0 Å². The summed E-state index contributed by atoms with van der Waals surface area (Å²) in [5.74, 6) is -0.470. The number of carbonyl (C=O) groups excluding carboxylic acids is 1. The first-order valence-corrected chi connectivity index (χ1v) is 5.39. The van der Waals surface area contributed by atoms with Gasteiger partial charge in [0, 0.05) is 16.5 Å². The predicted octanol–water partition coefficient (Wildman–Crippen LogP) is 3.32. The van der Waals surface area contributed by atoms with Crippen LogP contribution in [0.3, 0.4) is 0 Å². The lowest BCUT2D eigenvalue weighted by molar-refractivity contribution is -0.140. The molecule has 0 spiro atoms. The molecule has 2 nitrogen and oxygen atoms in total. The van der Waals surface area contributed by atoms with Gasteiger partial charge in [0.05, 0.1) is 7.11 Å². The van der Waals surface area contributed by atoms with Crippen LogP contribution in [0.25, 0.3) is 0 Å². The van der Waals surface area contributed by atoms with Gasteiger partial charge in [-0.05, 0) is 17.7 Å². The summed E-state index contributed by atoms with van der Waals surface area (Å²) in [5, 5.41) is 0.318. The van der Waals surface area contributed by atoms with Gasteiger partial charge in [-0.1, -0.05) is 29.3 Å². The van der Waals surface area contributed by atoms with E-state index in [-0.39, 0.29) is 0 Å². The summed E-state index contributed by atoms with van der Waals surface area (Å²) in [4.78, 5) is 11.1. The standard InChI is InChI=1S/C10H9Cl3O2/c1-15-10(14)9(13)4-6-2-3-7(11)5-8(6)12/h2-3,5,9H,4H2,1H3. The Labute approximate surface area is 103 Å². The van der Waals surface area contributed by atoms with Crippen LogP contribution in [0, 0.1) is 0 Å². The van der Waals surface area contributed by atoms with Crippen LogP contribution in [0.15, 0.2) is 18.2 Å². The van der Waals surface area contributed by atoms with E-state index in [1.807, 2.05) is 0 Å². The number of methoxy groups -OCH3 is 1. The minimum absolute atomic E-state index is 0.324. The van der Waals surface area contributed by atoms with Crippen molar-refractivity contribution in [1.82, 2.24) is 0 Å². The number of carbonyl (C=O) groups is 1. The molecule has 0 saturated heterocycles. The van der Waals surface area contributed by atoms with Gasteiger partial charge in [-0.25, -0.2) is 0 Å². The highest BCUT2D eigenvalue weighted by atomic mass is 35.5. The maximum Gasteiger partial charge on any atom is 0.324 e. The second-order valence-corrected chi connectivity index (χ2v) is 4.30. The van der Waals surface area contributed by atoms with Gasteiger partial charge in [0.25, 0.3) is 0 Å². The van der Waals surface area contributed by atoms with E-state index in [4.69, 9.17) is 34.8 Å². The maximum absolute atomic E-state index is 11.1. The van der Waals surface area contributed by atoms with Gasteiger partial charge in [-0.2, -0.15) is 0 Å². The summed E-state index contributed by atoms with van der Waals surface area (Å²) < 4.78 is 4.51. The summed E-state index contributed by atoms with van der Waals surface area (Å²) in [6.45, 7) is 0. The predicted molar refractivity (Wildman–Crippen MR) is 61.8 cm³/mol. The SMILES string of the molecule is COC(=O)C(Cl)Cc1ccc(Cl)cc1Cl. The second-order valence-electron chi connectivity index (χ2n) is 2.93. The summed E-state index contributed by atoms with van der Waals surface area (Å²) >= 11 is 17.5. The molecule has 1 aromatic rings. The summed E-state index contributed by atoms with van der Waals surface area (Å²) in [5.41, 5.74) is 0.770. The highest BCUT2D eigenvalue weighted by molar-refractivity contribution is 6.35. The van der Waals surface area contributed by atoms with Crippen molar-refractivity contribution in [3.05, 3.63) is 33.8 Å². The van der Waals surface area contributed by atoms with E-state index in [1.165, 1.54) is 7.11 Å². The van der Waals surface area contributed by atoms with Gasteiger partial charge in [-0.3, -0.25) is 4.79 Å². The van der Waals surface area contributed by atoms with Gasteiger partial charge < -0.3 is 4.74 Å². The third-order valence-corrected chi connectivity index (χ3v) is 2.79. The Kier molecular flexibility index (Phi) is 4.71. The number of benzene rings is 1. The molecular weight excluding hydrogens is 258 g/mol. The molecule has 0 aliphatic rings. The van der Waals surface area contributed by atoms with Crippen LogP contribution >= 0.6 is 34.8 Å². The fourth-order valence-electron chi connectivity index (χ4n) is 1.09. The van der Waals surface area contributed by atoms with E-state index < -0.39 is 11.3 Å². The topological polar surface area (TPSA) is 26.3 Å². The van der Waals surface area contributed by atoms with Crippen molar-refractivity contribution >= 4 is 40.8 Å². The van der Waals surface area contributed by atoms with Crippen molar-refractivity contribution in [3.8, 4) is 0 Å². The number of hydrogen-bond donors (Lipinski definition) is 0. The number of halogens is 3. The number of ether oxygens (including phenoxy) is 1. The number of hydrogen-bond acceptors (Lipinski definition) is 2. The molecule has 0 fully saturated rings. The van der Waals surface area contributed by atoms with Crippen molar-refractivity contribution in [2.24, 2.45) is 0 Å². The molecule has 1 unspecified atom stereocenters. The summed E-state index contributed by atoms with van der Waals surface area (Å²) in [7, 11) is 1.29. The van der Waals surface area contributed by atoms with E-state index in [0.717, 1.165) is 5.56 Å². The Bertz CT molecular complexity index is 366. The molecule has 0 aliphatic carbocycles. The summed E-state index contributed by atoms with van der Waals surface area (Å²) in [6, 6.07) is 5.05. The molecule has 0 aromatic heterocycles. The molecule has 1 aromatic carbocycles. The van der Waals surface area contributed by atoms with Gasteiger partial charge in [0.1, 0.15) is 5.38 Å². The minimum Gasteiger partial charge on any atom is -0.468 e. The first kappa shape index (κ1) is 12.6. The Hall–Kier alpha value is -0.440. The summed E-state index contributed by atoms with van der Waals surface area (Å²) in [6.07, 6.45) is 0.324. The monoisotopic (exact) mass is 266 g/mol. The molecule has 0 amide bonds. The Morgan fingerprint density at radius 1 is 1.47 bits per heavy atom. The molecule has 0 aliphatic heterocycles. The van der Waals surface area contributed by atoms with E-state index >= 15 is 0 Å². The Morgan fingerprint density at radius 2 is 2.13 bits per heavy atom. The van der Waals surface area contributed by atoms with E-state index in [9.17, 15) is 4.79 Å². The van der Waals surface area contributed by atoms with E-state index in [0.29, 0.717) is 16.5 Å². The fourth-order valence-corrected chi connectivity index (χ4v) is 1.83. The average Bonchev–Trinajstić information content (AvgIpc) is 2.20. The zero-order chi connectivity index (χ0) is 11.4. The average molecular weight is 268 g/mol. The third kappa shape index (κ3) is 3.56. The van der Waals surface area contributed by atoms with E-state index in [2.05, 4.69) is 4.74 Å². The lowest BCUT2D eigenvalue weighted by atomic mass is 10.1. The molecule has 0 heterocycles. The van der Waals surface area contributed by atoms with E-state index in [1.54, 1.807) is 18.2 Å². The largest absolute Gasteiger partial charge is 0.468 e. The third-order valence-electron chi connectivity index (χ3n) is 1.87. The Morgan fingerprint density at radius 3 is 2.67 bits per heavy atom. The lowest BCUT2D eigenvalue weighted by Crippen LogP contribution is -2.18. The minimum atomic E-state index is -0.728. The van der Waals surface area contributed by atoms with Crippen LogP contribution in [-0.2, 0) is 16.0 Å². The molecule has 0 radical (unpaired) electrons. The van der Waals surface area contributed by atoms with Crippen molar-refractivity contribution in [2.75, 3.05) is 7.11 Å². The normalized spacial score (nSPS) is 12.3. The van der Waals surface area contributed by atoms with Crippen LogP contribution in [-0.4, -0.2) is 18.5 Å². The zero-order valence-electron chi connectivity index (χ0n) is 7.97. The van der Waals surface area contributed by atoms with Crippen LogP contribution in [0.2, 0.25) is 10.0 Å². The smallest absolute Gasteiger partial charge is 0.324 e. The molecule has 0 saturated carbocycles. The van der Waals surface area contributed by atoms with Crippen LogP contribution in [0.4, 0.5) is 0 Å². The molecule has 0 N–H and O–H groups in total. The highest BCUT2D eigenvalue weighted by Crippen LogP contribution is 2.23. The molecule has 5 heteroatoms. The van der Waals surface area contributed by atoms with Gasteiger partial charge in [0.2, 0.25) is 0 Å². The number of alkyl halides is 1. The molecule has 0 bridgehead atoms. The molecular formula is C10H9Cl3O2. The Balaban J connectivity index is 2.76.